The topological polar surface area (TPSA) is 57.5 Å². The van der Waals surface area contributed by atoms with Gasteiger partial charge in [-0.3, -0.25) is 4.79 Å². The molecule has 0 saturated heterocycles. The molecule has 4 unspecified atom stereocenters. The maximum atomic E-state index is 12.3. The number of fused-ring (bicyclic) bond motifs is 7. The van der Waals surface area contributed by atoms with Crippen LogP contribution in [-0.2, 0) is 4.79 Å². The zero-order chi connectivity index (χ0) is 24.2. The van der Waals surface area contributed by atoms with Crippen LogP contribution in [0.4, 0.5) is 0 Å². The Morgan fingerprint density at radius 3 is 2.27 bits per heavy atom. The van der Waals surface area contributed by atoms with Crippen LogP contribution in [0.15, 0.2) is 11.6 Å². The lowest BCUT2D eigenvalue weighted by molar-refractivity contribution is -0.201. The van der Waals surface area contributed by atoms with Crippen LogP contribution in [0.1, 0.15) is 106 Å². The average Bonchev–Trinajstić information content (AvgIpc) is 2.70. The Hall–Kier alpha value is -0.830. The quantitative estimate of drug-likeness (QED) is 0.414. The minimum Gasteiger partial charge on any atom is -0.481 e. The van der Waals surface area contributed by atoms with Gasteiger partial charge in [0.15, 0.2) is 0 Å². The van der Waals surface area contributed by atoms with Crippen molar-refractivity contribution in [1.29, 1.82) is 0 Å². The first-order valence-corrected chi connectivity index (χ1v) is 13.8. The highest BCUT2D eigenvalue weighted by Gasteiger charge is 2.67. The second-order valence-corrected chi connectivity index (χ2v) is 15.0. The highest BCUT2D eigenvalue weighted by atomic mass is 16.4. The minimum atomic E-state index is -0.571. The first-order valence-electron chi connectivity index (χ1n) is 13.8. The van der Waals surface area contributed by atoms with Crippen molar-refractivity contribution in [3.8, 4) is 0 Å². The summed E-state index contributed by atoms with van der Waals surface area (Å²) in [6, 6.07) is 0. The molecule has 5 aliphatic rings. The fraction of sp³-hybridized carbons (Fsp3) is 0.900. The van der Waals surface area contributed by atoms with Gasteiger partial charge in [0.1, 0.15) is 0 Å². The second-order valence-electron chi connectivity index (χ2n) is 15.0. The fourth-order valence-electron chi connectivity index (χ4n) is 10.8. The van der Waals surface area contributed by atoms with E-state index in [-0.39, 0.29) is 39.1 Å². The van der Waals surface area contributed by atoms with Crippen molar-refractivity contribution in [3.63, 3.8) is 0 Å². The molecule has 3 nitrogen and oxygen atoms in total. The molecule has 5 aliphatic carbocycles. The van der Waals surface area contributed by atoms with Gasteiger partial charge >= 0.3 is 5.97 Å². The number of allylic oxidation sites excluding steroid dienone is 2. The van der Waals surface area contributed by atoms with E-state index in [1.807, 2.05) is 0 Å². The third kappa shape index (κ3) is 3.06. The van der Waals surface area contributed by atoms with Crippen molar-refractivity contribution in [2.24, 2.45) is 56.7 Å². The van der Waals surface area contributed by atoms with Crippen molar-refractivity contribution < 1.29 is 15.0 Å². The molecule has 0 aromatic heterocycles. The Bertz CT molecular complexity index is 870. The molecular formula is C30H48O3. The van der Waals surface area contributed by atoms with Gasteiger partial charge in [-0.2, -0.15) is 0 Å². The smallest absolute Gasteiger partial charge is 0.306 e. The zero-order valence-electron chi connectivity index (χ0n) is 22.2. The third-order valence-electron chi connectivity index (χ3n) is 12.8. The minimum absolute atomic E-state index is 0.0149. The van der Waals surface area contributed by atoms with Crippen molar-refractivity contribution in [2.75, 3.05) is 0 Å². The van der Waals surface area contributed by atoms with E-state index in [2.05, 4.69) is 54.5 Å². The van der Waals surface area contributed by atoms with Crippen LogP contribution < -0.4 is 0 Å². The van der Waals surface area contributed by atoms with Crippen LogP contribution in [0.3, 0.4) is 0 Å². The van der Waals surface area contributed by atoms with E-state index < -0.39 is 5.97 Å². The van der Waals surface area contributed by atoms with Crippen molar-refractivity contribution in [1.82, 2.24) is 0 Å². The molecule has 186 valence electrons. The lowest BCUT2D eigenvalue weighted by atomic mass is 9.34. The standard InChI is InChI=1S/C30H48O3/c1-26(2)16-19-18(20(17-26)25(32)33)10-14-29(6)21(19)8-9-23-28(5)13-12-24(31)27(3,4)22(28)11-15-30(23,29)7/h8,18-20,22-24,31H,9-17H2,1-7H3,(H,32,33)/t18?,19?,20-,22?,23?,24+,28+,29-,30-/m1/s1. The van der Waals surface area contributed by atoms with Crippen LogP contribution in [0.5, 0.6) is 0 Å². The summed E-state index contributed by atoms with van der Waals surface area (Å²) in [4.78, 5) is 12.3. The first-order chi connectivity index (χ1) is 15.2. The van der Waals surface area contributed by atoms with Gasteiger partial charge in [0, 0.05) is 0 Å². The van der Waals surface area contributed by atoms with E-state index in [1.165, 1.54) is 12.8 Å². The number of carboxylic acids is 1. The number of rotatable bonds is 1. The van der Waals surface area contributed by atoms with E-state index in [9.17, 15) is 15.0 Å². The number of aliphatic carboxylic acids is 1. The number of aliphatic hydroxyl groups excluding tert-OH is 1. The Labute approximate surface area is 201 Å². The van der Waals surface area contributed by atoms with Gasteiger partial charge in [0.2, 0.25) is 0 Å². The number of hydrogen-bond acceptors (Lipinski definition) is 2. The molecule has 0 heterocycles. The second kappa shape index (κ2) is 7.11. The normalized spacial score (nSPS) is 52.4. The van der Waals surface area contributed by atoms with Gasteiger partial charge in [-0.25, -0.2) is 0 Å². The molecule has 0 amide bonds. The molecule has 0 bridgehead atoms. The van der Waals surface area contributed by atoms with Gasteiger partial charge in [0.05, 0.1) is 12.0 Å². The highest BCUT2D eigenvalue weighted by molar-refractivity contribution is 5.71. The van der Waals surface area contributed by atoms with Gasteiger partial charge in [-0.1, -0.05) is 60.1 Å². The summed E-state index contributed by atoms with van der Waals surface area (Å²) in [5, 5.41) is 21.0. The summed E-state index contributed by atoms with van der Waals surface area (Å²) >= 11 is 0. The molecule has 33 heavy (non-hydrogen) atoms. The van der Waals surface area contributed by atoms with Crippen LogP contribution in [-0.4, -0.2) is 22.3 Å². The molecular weight excluding hydrogens is 408 g/mol. The van der Waals surface area contributed by atoms with E-state index in [0.29, 0.717) is 23.7 Å². The molecule has 0 aromatic carbocycles. The molecule has 9 atom stereocenters. The van der Waals surface area contributed by atoms with Crippen molar-refractivity contribution >= 4 is 5.97 Å². The van der Waals surface area contributed by atoms with Crippen LogP contribution in [0, 0.1) is 56.7 Å². The molecule has 3 heteroatoms. The average molecular weight is 457 g/mol. The van der Waals surface area contributed by atoms with Crippen molar-refractivity contribution in [2.45, 2.75) is 112 Å². The molecule has 0 aromatic rings. The summed E-state index contributed by atoms with van der Waals surface area (Å²) in [5.74, 6) is 1.20. The van der Waals surface area contributed by atoms with E-state index in [0.717, 1.165) is 44.9 Å². The monoisotopic (exact) mass is 456 g/mol. The lowest BCUT2D eigenvalue weighted by Crippen LogP contribution is -2.64. The first kappa shape index (κ1) is 23.9. The molecule has 5 rings (SSSR count). The van der Waals surface area contributed by atoms with Crippen LogP contribution in [0.2, 0.25) is 0 Å². The molecule has 4 saturated carbocycles. The summed E-state index contributed by atoms with van der Waals surface area (Å²) < 4.78 is 0. The van der Waals surface area contributed by atoms with Gasteiger partial charge < -0.3 is 10.2 Å². The largest absolute Gasteiger partial charge is 0.481 e. The maximum absolute atomic E-state index is 12.3. The Balaban J connectivity index is 1.56. The van der Waals surface area contributed by atoms with E-state index in [1.54, 1.807) is 5.57 Å². The number of aliphatic hydroxyl groups is 1. The molecule has 0 aliphatic heterocycles. The Morgan fingerprint density at radius 2 is 1.61 bits per heavy atom. The molecule has 0 spiro atoms. The molecule has 4 fully saturated rings. The molecule has 0 radical (unpaired) electrons. The zero-order valence-corrected chi connectivity index (χ0v) is 22.2. The van der Waals surface area contributed by atoms with Crippen LogP contribution in [0.25, 0.3) is 0 Å². The number of carbonyl (C=O) groups is 1. The number of carboxylic acid groups (broad SMARTS) is 1. The van der Waals surface area contributed by atoms with Crippen molar-refractivity contribution in [3.05, 3.63) is 11.6 Å². The Morgan fingerprint density at radius 1 is 0.909 bits per heavy atom. The number of hydrogen-bond donors (Lipinski definition) is 2. The van der Waals surface area contributed by atoms with Gasteiger partial charge in [-0.15, -0.1) is 0 Å². The van der Waals surface area contributed by atoms with Gasteiger partial charge in [-0.05, 0) is 109 Å². The van der Waals surface area contributed by atoms with E-state index >= 15 is 0 Å². The predicted octanol–water partition coefficient (Wildman–Crippen LogP) is 7.09. The SMILES string of the molecule is CC1(C)CC2C3=CCC4[C@@]5(C)CC[C@H](O)C(C)(C)C5CC[C@@]4(C)[C@]3(C)CCC2[C@H](C(=O)O)C1. The lowest BCUT2D eigenvalue weighted by Gasteiger charge is -2.70. The summed E-state index contributed by atoms with van der Waals surface area (Å²) in [7, 11) is 0. The summed E-state index contributed by atoms with van der Waals surface area (Å²) in [5.41, 5.74) is 2.40. The maximum Gasteiger partial charge on any atom is 0.306 e. The summed E-state index contributed by atoms with van der Waals surface area (Å²) in [6.07, 6.45) is 12.3. The fourth-order valence-corrected chi connectivity index (χ4v) is 10.8. The predicted molar refractivity (Wildman–Crippen MR) is 133 cm³/mol. The molecule has 2 N–H and O–H groups in total. The Kier molecular flexibility index (Phi) is 5.15. The summed E-state index contributed by atoms with van der Waals surface area (Å²) in [6.45, 7) is 16.9. The van der Waals surface area contributed by atoms with Gasteiger partial charge in [0.25, 0.3) is 0 Å². The third-order valence-corrected chi connectivity index (χ3v) is 12.8. The highest BCUT2D eigenvalue weighted by Crippen LogP contribution is 2.74. The van der Waals surface area contributed by atoms with Crippen LogP contribution >= 0.6 is 0 Å². The van der Waals surface area contributed by atoms with E-state index in [4.69, 9.17) is 0 Å².